The van der Waals surface area contributed by atoms with E-state index in [1.165, 1.54) is 12.8 Å². The van der Waals surface area contributed by atoms with Gasteiger partial charge in [-0.3, -0.25) is 4.79 Å². The van der Waals surface area contributed by atoms with Gasteiger partial charge in [-0.25, -0.2) is 0 Å². The second-order valence-electron chi connectivity index (χ2n) is 4.84. The third-order valence-electron chi connectivity index (χ3n) is 2.51. The summed E-state index contributed by atoms with van der Waals surface area (Å²) in [5.41, 5.74) is 5.85. The van der Waals surface area contributed by atoms with Gasteiger partial charge in [0.1, 0.15) is 0 Å². The fourth-order valence-corrected chi connectivity index (χ4v) is 1.59. The Hall–Kier alpha value is -0.570. The minimum Gasteiger partial charge on any atom is -0.355 e. The number of nitrogens with two attached hydrogens (primary N) is 1. The molecule has 0 bridgehead atoms. The quantitative estimate of drug-likeness (QED) is 0.675. The lowest BCUT2D eigenvalue weighted by Gasteiger charge is -2.14. The lowest BCUT2D eigenvalue weighted by molar-refractivity contribution is -0.121. The van der Waals surface area contributed by atoms with Crippen LogP contribution in [0.3, 0.4) is 0 Å². The Labute approximate surface area is 86.4 Å². The molecule has 0 heterocycles. The zero-order valence-corrected chi connectivity index (χ0v) is 9.25. The molecule has 1 rings (SSSR count). The van der Waals surface area contributed by atoms with Gasteiger partial charge in [0, 0.05) is 19.0 Å². The van der Waals surface area contributed by atoms with Gasteiger partial charge in [0.05, 0.1) is 0 Å². The molecule has 1 amide bonds. The summed E-state index contributed by atoms with van der Waals surface area (Å²) in [4.78, 5) is 11.3. The van der Waals surface area contributed by atoms with Gasteiger partial charge >= 0.3 is 0 Å². The number of rotatable bonds is 6. The van der Waals surface area contributed by atoms with Crippen molar-refractivity contribution in [3.63, 3.8) is 0 Å². The summed E-state index contributed by atoms with van der Waals surface area (Å²) in [5, 5.41) is 2.90. The topological polar surface area (TPSA) is 55.1 Å². The van der Waals surface area contributed by atoms with Crippen LogP contribution in [0, 0.1) is 11.8 Å². The van der Waals surface area contributed by atoms with E-state index in [0.29, 0.717) is 24.8 Å². The molecule has 82 valence electrons. The standard InChI is InChI=1S/C11H22N2O/c1-8(2)5-10(12)7-13-11(14)6-9-3-4-9/h8-10H,3-7,12H2,1-2H3,(H,13,14). The normalized spacial score (nSPS) is 18.3. The molecular weight excluding hydrogens is 176 g/mol. The van der Waals surface area contributed by atoms with Crippen molar-refractivity contribution in [2.45, 2.75) is 45.6 Å². The molecule has 0 saturated heterocycles. The number of carbonyl (C=O) groups excluding carboxylic acids is 1. The summed E-state index contributed by atoms with van der Waals surface area (Å²) < 4.78 is 0. The van der Waals surface area contributed by atoms with Crippen molar-refractivity contribution in [2.24, 2.45) is 17.6 Å². The maximum atomic E-state index is 11.3. The molecule has 0 aromatic carbocycles. The number of amides is 1. The van der Waals surface area contributed by atoms with Crippen molar-refractivity contribution in [3.05, 3.63) is 0 Å². The van der Waals surface area contributed by atoms with Crippen LogP contribution in [0.5, 0.6) is 0 Å². The highest BCUT2D eigenvalue weighted by Crippen LogP contribution is 2.31. The Bertz CT molecular complexity index is 188. The molecule has 1 aliphatic rings. The first-order chi connectivity index (χ1) is 6.58. The summed E-state index contributed by atoms with van der Waals surface area (Å²) in [6.07, 6.45) is 4.13. The fraction of sp³-hybridized carbons (Fsp3) is 0.909. The smallest absolute Gasteiger partial charge is 0.220 e. The summed E-state index contributed by atoms with van der Waals surface area (Å²) >= 11 is 0. The molecule has 1 aliphatic carbocycles. The summed E-state index contributed by atoms with van der Waals surface area (Å²) in [5.74, 6) is 1.44. The van der Waals surface area contributed by atoms with Crippen LogP contribution in [0.2, 0.25) is 0 Å². The van der Waals surface area contributed by atoms with Gasteiger partial charge in [0.2, 0.25) is 5.91 Å². The SMILES string of the molecule is CC(C)CC(N)CNC(=O)CC1CC1. The Morgan fingerprint density at radius 3 is 2.64 bits per heavy atom. The molecule has 1 fully saturated rings. The van der Waals surface area contributed by atoms with E-state index in [4.69, 9.17) is 5.73 Å². The van der Waals surface area contributed by atoms with E-state index in [2.05, 4.69) is 19.2 Å². The summed E-state index contributed by atoms with van der Waals surface area (Å²) in [7, 11) is 0. The van der Waals surface area contributed by atoms with Gasteiger partial charge in [-0.1, -0.05) is 13.8 Å². The van der Waals surface area contributed by atoms with E-state index >= 15 is 0 Å². The molecule has 0 spiro atoms. The molecule has 3 heteroatoms. The molecule has 0 aromatic heterocycles. The van der Waals surface area contributed by atoms with E-state index in [1.54, 1.807) is 0 Å². The van der Waals surface area contributed by atoms with Crippen molar-refractivity contribution in [3.8, 4) is 0 Å². The number of carbonyl (C=O) groups is 1. The first-order valence-electron chi connectivity index (χ1n) is 5.60. The van der Waals surface area contributed by atoms with Crippen molar-refractivity contribution in [1.29, 1.82) is 0 Å². The second-order valence-corrected chi connectivity index (χ2v) is 4.84. The van der Waals surface area contributed by atoms with Gasteiger partial charge in [0.25, 0.3) is 0 Å². The molecule has 1 saturated carbocycles. The lowest BCUT2D eigenvalue weighted by atomic mass is 10.0. The Kier molecular flexibility index (Phi) is 4.39. The van der Waals surface area contributed by atoms with Gasteiger partial charge in [-0.05, 0) is 31.1 Å². The van der Waals surface area contributed by atoms with Crippen molar-refractivity contribution < 1.29 is 4.79 Å². The summed E-state index contributed by atoms with van der Waals surface area (Å²) in [6, 6.07) is 0.109. The van der Waals surface area contributed by atoms with Gasteiger partial charge in [-0.2, -0.15) is 0 Å². The number of hydrogen-bond donors (Lipinski definition) is 2. The minimum absolute atomic E-state index is 0.109. The average molecular weight is 198 g/mol. The fourth-order valence-electron chi connectivity index (χ4n) is 1.59. The van der Waals surface area contributed by atoms with E-state index in [9.17, 15) is 4.79 Å². The monoisotopic (exact) mass is 198 g/mol. The van der Waals surface area contributed by atoms with E-state index < -0.39 is 0 Å². The maximum absolute atomic E-state index is 11.3. The van der Waals surface area contributed by atoms with Crippen LogP contribution < -0.4 is 11.1 Å². The number of nitrogens with one attached hydrogen (secondary N) is 1. The Morgan fingerprint density at radius 1 is 1.50 bits per heavy atom. The maximum Gasteiger partial charge on any atom is 0.220 e. The molecular formula is C11H22N2O. The van der Waals surface area contributed by atoms with Crippen LogP contribution in [-0.4, -0.2) is 18.5 Å². The highest BCUT2D eigenvalue weighted by molar-refractivity contribution is 5.76. The molecule has 14 heavy (non-hydrogen) atoms. The van der Waals surface area contributed by atoms with E-state index in [0.717, 1.165) is 6.42 Å². The third kappa shape index (κ3) is 5.22. The second kappa shape index (κ2) is 5.35. The van der Waals surface area contributed by atoms with E-state index in [1.807, 2.05) is 0 Å². The van der Waals surface area contributed by atoms with E-state index in [-0.39, 0.29) is 11.9 Å². The van der Waals surface area contributed by atoms with Crippen LogP contribution in [0.4, 0.5) is 0 Å². The predicted octanol–water partition coefficient (Wildman–Crippen LogP) is 1.28. The summed E-state index contributed by atoms with van der Waals surface area (Å²) in [6.45, 7) is 4.92. The van der Waals surface area contributed by atoms with Gasteiger partial charge in [0.15, 0.2) is 0 Å². The molecule has 1 atom stereocenters. The zero-order valence-electron chi connectivity index (χ0n) is 9.25. The first kappa shape index (κ1) is 11.5. The average Bonchev–Trinajstić information content (AvgIpc) is 2.83. The molecule has 3 nitrogen and oxygen atoms in total. The molecule has 0 radical (unpaired) electrons. The minimum atomic E-state index is 0.109. The van der Waals surface area contributed by atoms with Crippen LogP contribution in [-0.2, 0) is 4.79 Å². The van der Waals surface area contributed by atoms with Crippen LogP contribution in [0.25, 0.3) is 0 Å². The molecule has 3 N–H and O–H groups in total. The first-order valence-corrected chi connectivity index (χ1v) is 5.60. The van der Waals surface area contributed by atoms with Crippen LogP contribution >= 0.6 is 0 Å². The molecule has 1 unspecified atom stereocenters. The molecule has 0 aliphatic heterocycles. The lowest BCUT2D eigenvalue weighted by Crippen LogP contribution is -2.38. The highest BCUT2D eigenvalue weighted by atomic mass is 16.1. The van der Waals surface area contributed by atoms with Crippen molar-refractivity contribution >= 4 is 5.91 Å². The van der Waals surface area contributed by atoms with Crippen molar-refractivity contribution in [1.82, 2.24) is 5.32 Å². The highest BCUT2D eigenvalue weighted by Gasteiger charge is 2.24. The Balaban J connectivity index is 2.02. The third-order valence-corrected chi connectivity index (χ3v) is 2.51. The zero-order chi connectivity index (χ0) is 10.6. The predicted molar refractivity (Wildman–Crippen MR) is 57.8 cm³/mol. The Morgan fingerprint density at radius 2 is 2.14 bits per heavy atom. The van der Waals surface area contributed by atoms with Crippen LogP contribution in [0.1, 0.15) is 39.5 Å². The number of hydrogen-bond acceptors (Lipinski definition) is 2. The van der Waals surface area contributed by atoms with Gasteiger partial charge < -0.3 is 11.1 Å². The largest absolute Gasteiger partial charge is 0.355 e. The van der Waals surface area contributed by atoms with Crippen molar-refractivity contribution in [2.75, 3.05) is 6.54 Å². The van der Waals surface area contributed by atoms with Crippen LogP contribution in [0.15, 0.2) is 0 Å². The molecule has 0 aromatic rings. The van der Waals surface area contributed by atoms with Gasteiger partial charge in [-0.15, -0.1) is 0 Å².